The van der Waals surface area contributed by atoms with Gasteiger partial charge in [-0.1, -0.05) is 6.07 Å². The number of nitrogens with one attached hydrogen (secondary N) is 2. The maximum absolute atomic E-state index is 13.9. The smallest absolute Gasteiger partial charge is 0.225 e. The first kappa shape index (κ1) is 17.7. The number of benzene rings is 1. The summed E-state index contributed by atoms with van der Waals surface area (Å²) >= 11 is 0. The standard InChI is InChI=1S/C18H17F2N5O/c1-11(10-26)22-18-24-15(12-4-3-7-21-9-12)8-16(25-18)23-14-6-2-5-13(19)17(14)20/h2-9,11,26H,10H2,1H3,(H2,22,23,24,25)/t11-/m1/s1. The second kappa shape index (κ2) is 7.83. The van der Waals surface area contributed by atoms with Gasteiger partial charge in [0, 0.05) is 30.1 Å². The monoisotopic (exact) mass is 357 g/mol. The van der Waals surface area contributed by atoms with Gasteiger partial charge in [0.2, 0.25) is 5.95 Å². The highest BCUT2D eigenvalue weighted by Gasteiger charge is 2.12. The summed E-state index contributed by atoms with van der Waals surface area (Å²) in [4.78, 5) is 12.7. The highest BCUT2D eigenvalue weighted by Crippen LogP contribution is 2.25. The molecule has 8 heteroatoms. The number of aromatic nitrogens is 3. The van der Waals surface area contributed by atoms with E-state index in [1.54, 1.807) is 31.5 Å². The molecule has 0 aliphatic rings. The number of hydrogen-bond donors (Lipinski definition) is 3. The number of halogens is 2. The molecule has 0 saturated carbocycles. The van der Waals surface area contributed by atoms with Gasteiger partial charge in [-0.2, -0.15) is 4.98 Å². The van der Waals surface area contributed by atoms with Gasteiger partial charge in [0.1, 0.15) is 5.82 Å². The van der Waals surface area contributed by atoms with Crippen molar-refractivity contribution in [2.75, 3.05) is 17.2 Å². The topological polar surface area (TPSA) is 83.0 Å². The van der Waals surface area contributed by atoms with Crippen molar-refractivity contribution in [3.8, 4) is 11.3 Å². The molecule has 1 atom stereocenters. The maximum atomic E-state index is 13.9. The molecule has 26 heavy (non-hydrogen) atoms. The van der Waals surface area contributed by atoms with Crippen LogP contribution < -0.4 is 10.6 Å². The van der Waals surface area contributed by atoms with Crippen LogP contribution in [0.4, 0.5) is 26.2 Å². The van der Waals surface area contributed by atoms with E-state index in [-0.39, 0.29) is 30.1 Å². The summed E-state index contributed by atoms with van der Waals surface area (Å²) in [5.74, 6) is -1.43. The van der Waals surface area contributed by atoms with Gasteiger partial charge in [-0.15, -0.1) is 0 Å². The Morgan fingerprint density at radius 2 is 2.00 bits per heavy atom. The molecule has 0 bridgehead atoms. The average molecular weight is 357 g/mol. The Morgan fingerprint density at radius 3 is 2.73 bits per heavy atom. The summed E-state index contributed by atoms with van der Waals surface area (Å²) in [6.07, 6.45) is 3.27. The molecule has 0 radical (unpaired) electrons. The van der Waals surface area contributed by atoms with Crippen molar-refractivity contribution >= 4 is 17.5 Å². The van der Waals surface area contributed by atoms with E-state index in [4.69, 9.17) is 0 Å². The molecule has 3 aromatic rings. The molecule has 0 fully saturated rings. The fourth-order valence-corrected chi connectivity index (χ4v) is 2.24. The van der Waals surface area contributed by atoms with Gasteiger partial charge in [-0.05, 0) is 31.2 Å². The summed E-state index contributed by atoms with van der Waals surface area (Å²) in [7, 11) is 0. The predicted octanol–water partition coefficient (Wildman–Crippen LogP) is 3.35. The molecule has 0 saturated heterocycles. The van der Waals surface area contributed by atoms with Gasteiger partial charge in [0.05, 0.1) is 18.0 Å². The minimum absolute atomic E-state index is 0.0398. The highest BCUT2D eigenvalue weighted by molar-refractivity contribution is 5.67. The molecule has 6 nitrogen and oxygen atoms in total. The number of aliphatic hydroxyl groups is 1. The van der Waals surface area contributed by atoms with E-state index >= 15 is 0 Å². The molecule has 2 heterocycles. The average Bonchev–Trinajstić information content (AvgIpc) is 2.66. The Hall–Kier alpha value is -3.13. The number of rotatable bonds is 6. The lowest BCUT2D eigenvalue weighted by Gasteiger charge is -2.14. The predicted molar refractivity (Wildman–Crippen MR) is 95.1 cm³/mol. The van der Waals surface area contributed by atoms with Gasteiger partial charge in [0.15, 0.2) is 11.6 Å². The van der Waals surface area contributed by atoms with E-state index in [9.17, 15) is 13.9 Å². The van der Waals surface area contributed by atoms with Crippen LogP contribution >= 0.6 is 0 Å². The van der Waals surface area contributed by atoms with Crippen LogP contribution in [-0.2, 0) is 0 Å². The fraction of sp³-hybridized carbons (Fsp3) is 0.167. The second-order valence-electron chi connectivity index (χ2n) is 5.66. The Balaban J connectivity index is 2.00. The van der Waals surface area contributed by atoms with Crippen molar-refractivity contribution in [3.05, 3.63) is 60.4 Å². The number of anilines is 3. The van der Waals surface area contributed by atoms with E-state index in [1.807, 2.05) is 6.07 Å². The first-order chi connectivity index (χ1) is 12.6. The van der Waals surface area contributed by atoms with Crippen molar-refractivity contribution < 1.29 is 13.9 Å². The molecule has 0 spiro atoms. The van der Waals surface area contributed by atoms with Gasteiger partial charge < -0.3 is 15.7 Å². The summed E-state index contributed by atoms with van der Waals surface area (Å²) in [5.41, 5.74) is 1.24. The maximum Gasteiger partial charge on any atom is 0.225 e. The zero-order valence-corrected chi connectivity index (χ0v) is 13.9. The first-order valence-electron chi connectivity index (χ1n) is 7.94. The largest absolute Gasteiger partial charge is 0.394 e. The Labute approximate surface area is 149 Å². The van der Waals surface area contributed by atoms with Crippen LogP contribution in [0.3, 0.4) is 0 Å². The summed E-state index contributed by atoms with van der Waals surface area (Å²) in [6.45, 7) is 1.65. The van der Waals surface area contributed by atoms with Crippen LogP contribution in [-0.4, -0.2) is 32.7 Å². The van der Waals surface area contributed by atoms with E-state index in [0.717, 1.165) is 11.6 Å². The first-order valence-corrected chi connectivity index (χ1v) is 7.94. The van der Waals surface area contributed by atoms with Crippen LogP contribution in [0.5, 0.6) is 0 Å². The number of pyridine rings is 1. The summed E-state index contributed by atoms with van der Waals surface area (Å²) in [5, 5.41) is 14.9. The van der Waals surface area contributed by atoms with Crippen molar-refractivity contribution in [1.29, 1.82) is 0 Å². The van der Waals surface area contributed by atoms with Crippen LogP contribution in [0.15, 0.2) is 48.8 Å². The molecule has 2 aromatic heterocycles. The second-order valence-corrected chi connectivity index (χ2v) is 5.66. The molecular weight excluding hydrogens is 340 g/mol. The molecule has 0 amide bonds. The lowest BCUT2D eigenvalue weighted by Crippen LogP contribution is -2.21. The minimum atomic E-state index is -0.993. The van der Waals surface area contributed by atoms with E-state index in [1.165, 1.54) is 12.1 Å². The van der Waals surface area contributed by atoms with Crippen molar-refractivity contribution in [2.24, 2.45) is 0 Å². The summed E-state index contributed by atoms with van der Waals surface area (Å²) in [6, 6.07) is 8.76. The summed E-state index contributed by atoms with van der Waals surface area (Å²) < 4.78 is 27.4. The van der Waals surface area contributed by atoms with E-state index in [0.29, 0.717) is 5.69 Å². The normalized spacial score (nSPS) is 11.8. The molecule has 3 N–H and O–H groups in total. The van der Waals surface area contributed by atoms with Crippen molar-refractivity contribution in [2.45, 2.75) is 13.0 Å². The van der Waals surface area contributed by atoms with Crippen LogP contribution in [0.2, 0.25) is 0 Å². The molecule has 134 valence electrons. The van der Waals surface area contributed by atoms with Gasteiger partial charge in [0.25, 0.3) is 0 Å². The molecule has 0 aliphatic carbocycles. The van der Waals surface area contributed by atoms with E-state index in [2.05, 4.69) is 25.6 Å². The third-order valence-electron chi connectivity index (χ3n) is 3.55. The lowest BCUT2D eigenvalue weighted by atomic mass is 10.2. The quantitative estimate of drug-likeness (QED) is 0.628. The lowest BCUT2D eigenvalue weighted by molar-refractivity contribution is 0.281. The Morgan fingerprint density at radius 1 is 1.15 bits per heavy atom. The van der Waals surface area contributed by atoms with Gasteiger partial charge in [-0.25, -0.2) is 13.8 Å². The van der Waals surface area contributed by atoms with Gasteiger partial charge >= 0.3 is 0 Å². The number of aliphatic hydroxyl groups excluding tert-OH is 1. The third-order valence-corrected chi connectivity index (χ3v) is 3.55. The fourth-order valence-electron chi connectivity index (χ4n) is 2.24. The zero-order chi connectivity index (χ0) is 18.5. The Bertz CT molecular complexity index is 892. The van der Waals surface area contributed by atoms with Crippen LogP contribution in [0.25, 0.3) is 11.3 Å². The number of hydrogen-bond acceptors (Lipinski definition) is 6. The van der Waals surface area contributed by atoms with Crippen LogP contribution in [0, 0.1) is 11.6 Å². The zero-order valence-electron chi connectivity index (χ0n) is 13.9. The highest BCUT2D eigenvalue weighted by atomic mass is 19.2. The molecule has 0 aliphatic heterocycles. The van der Waals surface area contributed by atoms with E-state index < -0.39 is 11.6 Å². The van der Waals surface area contributed by atoms with Gasteiger partial charge in [-0.3, -0.25) is 4.98 Å². The number of nitrogens with zero attached hydrogens (tertiary/aromatic N) is 3. The molecule has 1 aromatic carbocycles. The molecular formula is C18H17F2N5O. The van der Waals surface area contributed by atoms with Crippen molar-refractivity contribution in [3.63, 3.8) is 0 Å². The third kappa shape index (κ3) is 4.09. The Kier molecular flexibility index (Phi) is 5.33. The van der Waals surface area contributed by atoms with Crippen molar-refractivity contribution in [1.82, 2.24) is 15.0 Å². The SMILES string of the molecule is C[C@H](CO)Nc1nc(Nc2cccc(F)c2F)cc(-c2cccnc2)n1. The molecule has 0 unspecified atom stereocenters. The minimum Gasteiger partial charge on any atom is -0.394 e. The molecule has 3 rings (SSSR count). The van der Waals surface area contributed by atoms with Crippen LogP contribution in [0.1, 0.15) is 6.92 Å².